The molecule has 0 unspecified atom stereocenters. The van der Waals surface area contributed by atoms with E-state index in [1.165, 1.54) is 16.8 Å². The summed E-state index contributed by atoms with van der Waals surface area (Å²) in [6, 6.07) is 15.0. The molecule has 0 aliphatic carbocycles. The molecular weight excluding hydrogens is 502 g/mol. The van der Waals surface area contributed by atoms with Crippen molar-refractivity contribution in [1.29, 1.82) is 5.41 Å². The number of amides is 1. The molecule has 10 heteroatoms. The average molecular weight is 528 g/mol. The van der Waals surface area contributed by atoms with Gasteiger partial charge < -0.3 is 14.2 Å². The minimum atomic E-state index is -0.501. The Hall–Kier alpha value is -4.44. The maximum Gasteiger partial charge on any atom is 0.283 e. The topological polar surface area (TPSA) is 109 Å². The van der Waals surface area contributed by atoms with Crippen LogP contribution < -0.4 is 14.2 Å². The quantitative estimate of drug-likeness (QED) is 0.330. The molecule has 5 rings (SSSR count). The number of thioether (sulfide) groups is 1. The van der Waals surface area contributed by atoms with Crippen LogP contribution in [0.15, 0.2) is 76.6 Å². The Morgan fingerprint density at radius 3 is 2.61 bits per heavy atom. The molecule has 3 heterocycles. The summed E-state index contributed by atoms with van der Waals surface area (Å²) < 4.78 is 17.3. The fraction of sp³-hybridized carbons (Fsp3) is 0.179. The number of pyridine rings is 1. The van der Waals surface area contributed by atoms with Crippen molar-refractivity contribution in [2.45, 2.75) is 13.8 Å². The number of hydrazone groups is 1. The fourth-order valence-electron chi connectivity index (χ4n) is 3.82. The van der Waals surface area contributed by atoms with E-state index in [4.69, 9.17) is 19.6 Å². The number of carbonyl (C=O) groups is 1. The van der Waals surface area contributed by atoms with Gasteiger partial charge in [0, 0.05) is 18.0 Å². The van der Waals surface area contributed by atoms with E-state index in [9.17, 15) is 4.79 Å². The highest BCUT2D eigenvalue weighted by molar-refractivity contribution is 8.27. The zero-order valence-electron chi connectivity index (χ0n) is 21.1. The van der Waals surface area contributed by atoms with Crippen LogP contribution in [0.4, 0.5) is 0 Å². The standard InChI is InChI=1S/C28H25N5O4S/c1-17-6-7-18(2)23(13-17)37-12-11-36-22-9-8-19(15-24(22)35-3)14-21-25(29)33-28(31-26(21)34)38-27(32-33)20-5-4-10-30-16-20/h4-10,13-16,29H,11-12H2,1-3H3. The zero-order valence-corrected chi connectivity index (χ0v) is 21.9. The van der Waals surface area contributed by atoms with Gasteiger partial charge in [-0.1, -0.05) is 18.2 Å². The molecule has 0 bridgehead atoms. The molecule has 3 aromatic rings. The number of hydrogen-bond acceptors (Lipinski definition) is 8. The van der Waals surface area contributed by atoms with Gasteiger partial charge in [-0.05, 0) is 78.7 Å². The van der Waals surface area contributed by atoms with Gasteiger partial charge in [-0.15, -0.1) is 0 Å². The Balaban J connectivity index is 1.28. The summed E-state index contributed by atoms with van der Waals surface area (Å²) in [4.78, 5) is 21.0. The van der Waals surface area contributed by atoms with Gasteiger partial charge in [0.2, 0.25) is 5.17 Å². The molecule has 0 atom stereocenters. The molecule has 0 saturated heterocycles. The average Bonchev–Trinajstić information content (AvgIpc) is 3.36. The van der Waals surface area contributed by atoms with Crippen LogP contribution in [0.5, 0.6) is 17.2 Å². The van der Waals surface area contributed by atoms with Gasteiger partial charge in [0.1, 0.15) is 24.0 Å². The van der Waals surface area contributed by atoms with Gasteiger partial charge in [-0.3, -0.25) is 15.2 Å². The highest BCUT2D eigenvalue weighted by atomic mass is 32.2. The molecule has 1 N–H and O–H groups in total. The summed E-state index contributed by atoms with van der Waals surface area (Å²) in [6.07, 6.45) is 4.95. The Labute approximate surface area is 224 Å². The maximum atomic E-state index is 12.8. The summed E-state index contributed by atoms with van der Waals surface area (Å²) in [5.74, 6) is 1.33. The highest BCUT2D eigenvalue weighted by Gasteiger charge is 2.36. The van der Waals surface area contributed by atoms with E-state index in [0.29, 0.717) is 40.5 Å². The third-order valence-corrected chi connectivity index (χ3v) is 6.76. The van der Waals surface area contributed by atoms with Crippen molar-refractivity contribution in [3.63, 3.8) is 0 Å². The van der Waals surface area contributed by atoms with Gasteiger partial charge in [-0.25, -0.2) is 0 Å². The number of ether oxygens (including phenoxy) is 3. The number of methoxy groups -OCH3 is 1. The lowest BCUT2D eigenvalue weighted by Gasteiger charge is -2.20. The van der Waals surface area contributed by atoms with Crippen molar-refractivity contribution in [2.24, 2.45) is 10.1 Å². The van der Waals surface area contributed by atoms with Gasteiger partial charge >= 0.3 is 0 Å². The summed E-state index contributed by atoms with van der Waals surface area (Å²) >= 11 is 1.23. The van der Waals surface area contributed by atoms with Crippen molar-refractivity contribution in [3.05, 3.63) is 88.8 Å². The molecule has 38 heavy (non-hydrogen) atoms. The first kappa shape index (κ1) is 25.2. The molecule has 0 fully saturated rings. The molecule has 0 spiro atoms. The first-order valence-corrected chi connectivity index (χ1v) is 12.7. The van der Waals surface area contributed by atoms with Gasteiger partial charge in [0.25, 0.3) is 5.91 Å². The molecule has 192 valence electrons. The number of hydrogen-bond donors (Lipinski definition) is 1. The van der Waals surface area contributed by atoms with Crippen LogP contribution >= 0.6 is 11.8 Å². The van der Waals surface area contributed by atoms with Crippen molar-refractivity contribution in [1.82, 2.24) is 9.99 Å². The number of benzene rings is 2. The third kappa shape index (κ3) is 5.30. The Morgan fingerprint density at radius 1 is 1.03 bits per heavy atom. The lowest BCUT2D eigenvalue weighted by molar-refractivity contribution is -0.114. The largest absolute Gasteiger partial charge is 0.493 e. The maximum absolute atomic E-state index is 12.8. The van der Waals surface area contributed by atoms with Crippen LogP contribution in [0.1, 0.15) is 22.3 Å². The van der Waals surface area contributed by atoms with Crippen LogP contribution in [0.25, 0.3) is 6.08 Å². The van der Waals surface area contributed by atoms with E-state index >= 15 is 0 Å². The Bertz CT molecular complexity index is 1500. The Kier molecular flexibility index (Phi) is 7.23. The first-order valence-electron chi connectivity index (χ1n) is 11.8. The van der Waals surface area contributed by atoms with Crippen LogP contribution in [-0.2, 0) is 4.79 Å². The molecule has 0 radical (unpaired) electrons. The number of rotatable bonds is 8. The van der Waals surface area contributed by atoms with Crippen molar-refractivity contribution in [3.8, 4) is 17.2 Å². The van der Waals surface area contributed by atoms with Gasteiger partial charge in [0.05, 0.1) is 12.7 Å². The SMILES string of the molecule is COc1cc(C=C2C(=N)N3N=C(c4cccnc4)SC3=NC2=O)ccc1OCCOc1cc(C)ccc1C. The third-order valence-electron chi connectivity index (χ3n) is 5.80. The number of nitrogens with zero attached hydrogens (tertiary/aromatic N) is 4. The molecule has 0 saturated carbocycles. The minimum Gasteiger partial charge on any atom is -0.493 e. The lowest BCUT2D eigenvalue weighted by Crippen LogP contribution is -2.35. The molecule has 1 aromatic heterocycles. The van der Waals surface area contributed by atoms with E-state index < -0.39 is 5.91 Å². The number of aromatic nitrogens is 1. The first-order chi connectivity index (χ1) is 18.4. The molecular formula is C28H25N5O4S. The molecule has 9 nitrogen and oxygen atoms in total. The van der Waals surface area contributed by atoms with Crippen molar-refractivity contribution in [2.75, 3.05) is 20.3 Å². The molecule has 1 amide bonds. The molecule has 2 aliphatic heterocycles. The van der Waals surface area contributed by atoms with Crippen LogP contribution in [0.2, 0.25) is 0 Å². The zero-order chi connectivity index (χ0) is 26.6. The summed E-state index contributed by atoms with van der Waals surface area (Å²) in [5.41, 5.74) is 3.78. The highest BCUT2D eigenvalue weighted by Crippen LogP contribution is 2.32. The number of fused-ring (bicyclic) bond motifs is 1. The van der Waals surface area contributed by atoms with Gasteiger partial charge in [0.15, 0.2) is 17.3 Å². The second kappa shape index (κ2) is 10.9. The summed E-state index contributed by atoms with van der Waals surface area (Å²) in [5, 5.41) is 15.4. The van der Waals surface area contributed by atoms with Gasteiger partial charge in [-0.2, -0.15) is 15.1 Å². The number of nitrogens with one attached hydrogen (secondary N) is 1. The van der Waals surface area contributed by atoms with E-state index in [2.05, 4.69) is 15.1 Å². The lowest BCUT2D eigenvalue weighted by atomic mass is 10.1. The van der Waals surface area contributed by atoms with Crippen molar-refractivity contribution < 1.29 is 19.0 Å². The second-order valence-corrected chi connectivity index (χ2v) is 9.50. The predicted molar refractivity (Wildman–Crippen MR) is 148 cm³/mol. The monoisotopic (exact) mass is 527 g/mol. The van der Waals surface area contributed by atoms with Crippen LogP contribution in [-0.4, -0.2) is 52.3 Å². The van der Waals surface area contributed by atoms with Crippen LogP contribution in [0.3, 0.4) is 0 Å². The Morgan fingerprint density at radius 2 is 1.84 bits per heavy atom. The van der Waals surface area contributed by atoms with E-state index in [0.717, 1.165) is 22.4 Å². The number of aliphatic imine (C=N–C) groups is 1. The summed E-state index contributed by atoms with van der Waals surface area (Å²) in [6.45, 7) is 4.73. The summed E-state index contributed by atoms with van der Waals surface area (Å²) in [7, 11) is 1.55. The second-order valence-electron chi connectivity index (χ2n) is 8.54. The van der Waals surface area contributed by atoms with E-state index in [-0.39, 0.29) is 11.4 Å². The number of aryl methyl sites for hydroxylation is 2. The molecule has 2 aliphatic rings. The van der Waals surface area contributed by atoms with E-state index in [1.807, 2.05) is 38.1 Å². The fourth-order valence-corrected chi connectivity index (χ4v) is 4.71. The molecule has 2 aromatic carbocycles. The normalized spacial score (nSPS) is 15.8. The van der Waals surface area contributed by atoms with Crippen molar-refractivity contribution >= 4 is 39.8 Å². The number of amidine groups is 2. The van der Waals surface area contributed by atoms with E-state index in [1.54, 1.807) is 49.8 Å². The predicted octanol–water partition coefficient (Wildman–Crippen LogP) is 4.83. The number of carbonyl (C=O) groups excluding carboxylic acids is 1. The van der Waals surface area contributed by atoms with Crippen LogP contribution in [0, 0.1) is 19.3 Å². The smallest absolute Gasteiger partial charge is 0.283 e. The minimum absolute atomic E-state index is 0.0470.